The highest BCUT2D eigenvalue weighted by Crippen LogP contribution is 2.21. The molecule has 0 amide bonds. The lowest BCUT2D eigenvalue weighted by Crippen LogP contribution is -2.40. The molecule has 0 aromatic carbocycles. The monoisotopic (exact) mass is 317 g/mol. The van der Waals surface area contributed by atoms with Crippen molar-refractivity contribution in [1.29, 1.82) is 0 Å². The predicted molar refractivity (Wildman–Crippen MR) is 84.9 cm³/mol. The minimum absolute atomic E-state index is 0.249. The van der Waals surface area contributed by atoms with Gasteiger partial charge in [0.05, 0.1) is 0 Å². The smallest absolute Gasteiger partial charge is 0.428 e. The second-order valence-electron chi connectivity index (χ2n) is 6.95. The molecule has 0 bridgehead atoms. The lowest BCUT2D eigenvalue weighted by atomic mass is 9.99. The van der Waals surface area contributed by atoms with Crippen LogP contribution in [-0.4, -0.2) is 47.5 Å². The topological polar surface area (TPSA) is 65.1 Å². The van der Waals surface area contributed by atoms with Crippen LogP contribution in [0.4, 0.5) is 9.59 Å². The average Bonchev–Trinajstić information content (AvgIpc) is 2.25. The van der Waals surface area contributed by atoms with Gasteiger partial charge in [-0.05, 0) is 54.6 Å². The van der Waals surface area contributed by atoms with Gasteiger partial charge >= 0.3 is 12.3 Å². The molecule has 6 nitrogen and oxygen atoms in total. The maximum Gasteiger partial charge on any atom is 0.519 e. The van der Waals surface area contributed by atoms with Crippen LogP contribution in [-0.2, 0) is 14.2 Å². The molecule has 0 saturated carbocycles. The standard InChI is InChI=1S/C16H31NO5/c1-9-17(10-2)12(3)11-16(7,8)22-14(19)20-13(18)21-15(4,5)6/h12H,9-11H2,1-8H3. The molecular formula is C16H31NO5. The summed E-state index contributed by atoms with van der Waals surface area (Å²) in [5.41, 5.74) is -1.45. The van der Waals surface area contributed by atoms with Crippen molar-refractivity contribution in [3.63, 3.8) is 0 Å². The van der Waals surface area contributed by atoms with E-state index in [0.717, 1.165) is 13.1 Å². The molecule has 130 valence electrons. The Kier molecular flexibility index (Phi) is 7.87. The van der Waals surface area contributed by atoms with E-state index in [1.807, 2.05) is 0 Å². The molecule has 0 heterocycles. The maximum atomic E-state index is 11.7. The van der Waals surface area contributed by atoms with E-state index in [1.165, 1.54) is 0 Å². The number of hydrogen-bond donors (Lipinski definition) is 0. The minimum atomic E-state index is -1.05. The summed E-state index contributed by atoms with van der Waals surface area (Å²) in [6.45, 7) is 16.8. The Bertz CT molecular complexity index is 369. The Morgan fingerprint density at radius 2 is 1.41 bits per heavy atom. The summed E-state index contributed by atoms with van der Waals surface area (Å²) in [4.78, 5) is 25.4. The Morgan fingerprint density at radius 1 is 0.955 bits per heavy atom. The molecule has 0 spiro atoms. The summed E-state index contributed by atoms with van der Waals surface area (Å²) < 4.78 is 14.7. The van der Waals surface area contributed by atoms with Crippen molar-refractivity contribution in [3.05, 3.63) is 0 Å². The largest absolute Gasteiger partial charge is 0.519 e. The second kappa shape index (κ2) is 8.36. The summed E-state index contributed by atoms with van der Waals surface area (Å²) in [6.07, 6.45) is -1.45. The molecule has 0 aromatic heterocycles. The fourth-order valence-corrected chi connectivity index (χ4v) is 2.31. The number of rotatable bonds is 6. The van der Waals surface area contributed by atoms with Gasteiger partial charge in [0, 0.05) is 12.5 Å². The Hall–Kier alpha value is -1.30. The van der Waals surface area contributed by atoms with Crippen LogP contribution in [0.15, 0.2) is 0 Å². The van der Waals surface area contributed by atoms with Gasteiger partial charge in [-0.3, -0.25) is 0 Å². The first-order chi connectivity index (χ1) is 9.90. The molecule has 1 atom stereocenters. The predicted octanol–water partition coefficient (Wildman–Crippen LogP) is 3.97. The first-order valence-corrected chi connectivity index (χ1v) is 7.78. The van der Waals surface area contributed by atoms with Crippen LogP contribution in [0.1, 0.15) is 61.8 Å². The van der Waals surface area contributed by atoms with Gasteiger partial charge in [-0.15, -0.1) is 0 Å². The first-order valence-electron chi connectivity index (χ1n) is 7.78. The summed E-state index contributed by atoms with van der Waals surface area (Å²) >= 11 is 0. The Labute approximate surface area is 134 Å². The highest BCUT2D eigenvalue weighted by Gasteiger charge is 2.30. The molecule has 0 aromatic rings. The molecule has 0 fully saturated rings. The van der Waals surface area contributed by atoms with Crippen LogP contribution >= 0.6 is 0 Å². The van der Waals surface area contributed by atoms with Gasteiger partial charge in [-0.2, -0.15) is 0 Å². The number of carbonyl (C=O) groups is 2. The van der Waals surface area contributed by atoms with E-state index < -0.39 is 23.5 Å². The van der Waals surface area contributed by atoms with Gasteiger partial charge in [0.25, 0.3) is 0 Å². The van der Waals surface area contributed by atoms with E-state index in [4.69, 9.17) is 9.47 Å². The normalized spacial score (nSPS) is 13.7. The molecule has 0 aliphatic carbocycles. The molecule has 0 rings (SSSR count). The summed E-state index contributed by atoms with van der Waals surface area (Å²) in [5.74, 6) is 0. The Balaban J connectivity index is 4.46. The maximum absolute atomic E-state index is 11.7. The lowest BCUT2D eigenvalue weighted by Gasteiger charge is -2.33. The molecular weight excluding hydrogens is 286 g/mol. The van der Waals surface area contributed by atoms with Crippen molar-refractivity contribution in [2.24, 2.45) is 0 Å². The van der Waals surface area contributed by atoms with Crippen LogP contribution in [0.25, 0.3) is 0 Å². The number of carbonyl (C=O) groups excluding carboxylic acids is 2. The van der Waals surface area contributed by atoms with E-state index in [-0.39, 0.29) is 6.04 Å². The number of hydrogen-bond acceptors (Lipinski definition) is 6. The van der Waals surface area contributed by atoms with Gasteiger partial charge in [0.15, 0.2) is 0 Å². The van der Waals surface area contributed by atoms with Crippen LogP contribution in [0.5, 0.6) is 0 Å². The third-order valence-electron chi connectivity index (χ3n) is 3.14. The average molecular weight is 317 g/mol. The fourth-order valence-electron chi connectivity index (χ4n) is 2.31. The van der Waals surface area contributed by atoms with Crippen molar-refractivity contribution in [2.75, 3.05) is 13.1 Å². The SMILES string of the molecule is CCN(CC)C(C)CC(C)(C)OC(=O)OC(=O)OC(C)(C)C. The van der Waals surface area contributed by atoms with Crippen molar-refractivity contribution in [1.82, 2.24) is 4.90 Å². The zero-order valence-electron chi connectivity index (χ0n) is 15.2. The highest BCUT2D eigenvalue weighted by atomic mass is 16.8. The van der Waals surface area contributed by atoms with Crippen molar-refractivity contribution in [3.8, 4) is 0 Å². The van der Waals surface area contributed by atoms with Crippen LogP contribution in [0.3, 0.4) is 0 Å². The van der Waals surface area contributed by atoms with Crippen LogP contribution in [0, 0.1) is 0 Å². The third kappa shape index (κ3) is 8.87. The van der Waals surface area contributed by atoms with Gasteiger partial charge in [0.1, 0.15) is 11.2 Å². The summed E-state index contributed by atoms with van der Waals surface area (Å²) in [5, 5.41) is 0. The zero-order chi connectivity index (χ0) is 17.6. The van der Waals surface area contributed by atoms with E-state index >= 15 is 0 Å². The minimum Gasteiger partial charge on any atom is -0.428 e. The first kappa shape index (κ1) is 20.7. The number of nitrogens with zero attached hydrogens (tertiary/aromatic N) is 1. The molecule has 22 heavy (non-hydrogen) atoms. The fraction of sp³-hybridized carbons (Fsp3) is 0.875. The van der Waals surface area contributed by atoms with E-state index in [9.17, 15) is 9.59 Å². The third-order valence-corrected chi connectivity index (χ3v) is 3.14. The second-order valence-corrected chi connectivity index (χ2v) is 6.95. The van der Waals surface area contributed by atoms with Gasteiger partial charge < -0.3 is 19.1 Å². The van der Waals surface area contributed by atoms with Crippen LogP contribution < -0.4 is 0 Å². The molecule has 0 aliphatic heterocycles. The van der Waals surface area contributed by atoms with E-state index in [2.05, 4.69) is 30.4 Å². The summed E-state index contributed by atoms with van der Waals surface area (Å²) in [7, 11) is 0. The number of ether oxygens (including phenoxy) is 3. The molecule has 1 unspecified atom stereocenters. The van der Waals surface area contributed by atoms with Gasteiger partial charge in [-0.1, -0.05) is 13.8 Å². The Morgan fingerprint density at radius 3 is 1.82 bits per heavy atom. The zero-order valence-corrected chi connectivity index (χ0v) is 15.2. The quantitative estimate of drug-likeness (QED) is 0.545. The lowest BCUT2D eigenvalue weighted by molar-refractivity contribution is -0.0425. The van der Waals surface area contributed by atoms with Gasteiger partial charge in [0.2, 0.25) is 0 Å². The highest BCUT2D eigenvalue weighted by molar-refractivity contribution is 5.77. The molecule has 0 radical (unpaired) electrons. The van der Waals surface area contributed by atoms with Gasteiger partial charge in [-0.25, -0.2) is 9.59 Å². The molecule has 0 saturated heterocycles. The molecule has 6 heteroatoms. The molecule has 0 aliphatic rings. The van der Waals surface area contributed by atoms with Crippen LogP contribution in [0.2, 0.25) is 0 Å². The molecule has 0 N–H and O–H groups in total. The van der Waals surface area contributed by atoms with Crippen molar-refractivity contribution >= 4 is 12.3 Å². The summed E-state index contributed by atoms with van der Waals surface area (Å²) in [6, 6.07) is 0.249. The van der Waals surface area contributed by atoms with Crippen molar-refractivity contribution in [2.45, 2.75) is 79.1 Å². The van der Waals surface area contributed by atoms with E-state index in [0.29, 0.717) is 6.42 Å². The van der Waals surface area contributed by atoms with Crippen molar-refractivity contribution < 1.29 is 23.8 Å². The van der Waals surface area contributed by atoms with E-state index in [1.54, 1.807) is 34.6 Å².